The molecule has 1 amide bonds. The van der Waals surface area contributed by atoms with Crippen LogP contribution in [0.15, 0.2) is 42.5 Å². The van der Waals surface area contributed by atoms with E-state index in [1.54, 1.807) is 4.90 Å². The summed E-state index contributed by atoms with van der Waals surface area (Å²) in [5, 5.41) is 0. The minimum atomic E-state index is -0.511. The Morgan fingerprint density at radius 2 is 1.83 bits per heavy atom. The Labute approximate surface area is 177 Å². The van der Waals surface area contributed by atoms with Crippen LogP contribution in [-0.4, -0.2) is 33.1 Å². The molecule has 1 unspecified atom stereocenters. The minimum Gasteiger partial charge on any atom is -0.444 e. The fourth-order valence-corrected chi connectivity index (χ4v) is 3.64. The summed E-state index contributed by atoms with van der Waals surface area (Å²) in [6.07, 6.45) is 1.53. The van der Waals surface area contributed by atoms with Crippen LogP contribution in [0.25, 0.3) is 11.0 Å². The van der Waals surface area contributed by atoms with Gasteiger partial charge < -0.3 is 9.72 Å². The Hall–Kier alpha value is -3.26. The maximum absolute atomic E-state index is 12.6. The second-order valence-electron chi connectivity index (χ2n) is 8.80. The van der Waals surface area contributed by atoms with E-state index in [9.17, 15) is 4.79 Å². The molecule has 1 N–H and O–H groups in total. The van der Waals surface area contributed by atoms with Gasteiger partial charge in [-0.15, -0.1) is 0 Å². The van der Waals surface area contributed by atoms with Crippen molar-refractivity contribution in [2.75, 3.05) is 6.54 Å². The van der Waals surface area contributed by atoms with E-state index in [0.717, 1.165) is 40.8 Å². The Bertz CT molecular complexity index is 1130. The van der Waals surface area contributed by atoms with E-state index in [1.807, 2.05) is 51.1 Å². The van der Waals surface area contributed by atoms with Gasteiger partial charge in [0.25, 0.3) is 0 Å². The summed E-state index contributed by atoms with van der Waals surface area (Å²) in [4.78, 5) is 22.5. The van der Waals surface area contributed by atoms with E-state index in [1.165, 1.54) is 5.56 Å². The molecule has 1 atom stereocenters. The summed E-state index contributed by atoms with van der Waals surface area (Å²) < 4.78 is 5.57. The highest BCUT2D eigenvalue weighted by Crippen LogP contribution is 2.32. The summed E-state index contributed by atoms with van der Waals surface area (Å²) in [5.41, 5.74) is 4.43. The number of hydrogen-bond donors (Lipinski definition) is 1. The average Bonchev–Trinajstić information content (AvgIpc) is 3.32. The summed E-state index contributed by atoms with van der Waals surface area (Å²) in [6, 6.07) is 14.1. The van der Waals surface area contributed by atoms with E-state index in [0.29, 0.717) is 6.54 Å². The molecule has 154 valence electrons. The first kappa shape index (κ1) is 20.0. The van der Waals surface area contributed by atoms with Crippen molar-refractivity contribution in [3.05, 3.63) is 65.0 Å². The third-order valence-corrected chi connectivity index (χ3v) is 5.10. The van der Waals surface area contributed by atoms with Gasteiger partial charge in [0.1, 0.15) is 11.4 Å². The number of aromatic nitrogens is 2. The number of aromatic amines is 1. The molecule has 0 aliphatic carbocycles. The zero-order chi connectivity index (χ0) is 21.3. The van der Waals surface area contributed by atoms with Crippen molar-refractivity contribution < 1.29 is 9.53 Å². The van der Waals surface area contributed by atoms with E-state index < -0.39 is 5.60 Å². The first-order valence-electron chi connectivity index (χ1n) is 10.4. The number of nitrogens with one attached hydrogen (secondary N) is 1. The topological polar surface area (TPSA) is 58.2 Å². The number of hydrogen-bond acceptors (Lipinski definition) is 3. The fraction of sp³-hybridized carbons (Fsp3) is 0.360. The number of ether oxygens (including phenoxy) is 1. The predicted octanol–water partition coefficient (Wildman–Crippen LogP) is 5.34. The summed E-state index contributed by atoms with van der Waals surface area (Å²) in [5.74, 6) is 7.23. The van der Waals surface area contributed by atoms with E-state index in [4.69, 9.17) is 9.72 Å². The van der Waals surface area contributed by atoms with Crippen molar-refractivity contribution in [2.24, 2.45) is 0 Å². The Balaban J connectivity index is 1.56. The zero-order valence-electron chi connectivity index (χ0n) is 18.0. The number of nitrogens with zero attached hydrogens (tertiary/aromatic N) is 2. The number of benzene rings is 2. The number of H-pyrrole nitrogens is 1. The molecule has 1 aromatic heterocycles. The normalized spacial score (nSPS) is 16.4. The van der Waals surface area contributed by atoms with Gasteiger partial charge in [0, 0.05) is 17.7 Å². The number of carbonyl (C=O) groups is 1. The Kier molecular flexibility index (Phi) is 5.26. The van der Waals surface area contributed by atoms with Crippen LogP contribution in [0.1, 0.15) is 62.2 Å². The quantitative estimate of drug-likeness (QED) is 0.560. The standard InChI is InChI=1S/C25H27N3O2/c1-17-7-9-18(10-8-17)11-12-19-13-14-20-21(16-19)27-23(26-20)22-6-5-15-28(22)24(29)30-25(2,3)4/h7-10,13-14,16,22H,5-6,15H2,1-4H3,(H,26,27). The molecule has 0 saturated carbocycles. The molecule has 1 aliphatic rings. The lowest BCUT2D eigenvalue weighted by Crippen LogP contribution is -2.36. The number of carbonyl (C=O) groups excluding carboxylic acids is 1. The molecule has 4 rings (SSSR count). The second-order valence-corrected chi connectivity index (χ2v) is 8.80. The van der Waals surface area contributed by atoms with Crippen molar-refractivity contribution in [1.82, 2.24) is 14.9 Å². The van der Waals surface area contributed by atoms with Gasteiger partial charge in [0.2, 0.25) is 0 Å². The molecule has 1 aliphatic heterocycles. The third kappa shape index (κ3) is 4.49. The van der Waals surface area contributed by atoms with Crippen molar-refractivity contribution in [2.45, 2.75) is 52.2 Å². The molecule has 5 nitrogen and oxygen atoms in total. The maximum Gasteiger partial charge on any atom is 0.410 e. The van der Waals surface area contributed by atoms with Crippen LogP contribution in [0.5, 0.6) is 0 Å². The smallest absolute Gasteiger partial charge is 0.410 e. The number of likely N-dealkylation sites (tertiary alicyclic amines) is 1. The van der Waals surface area contributed by atoms with Gasteiger partial charge in [0.05, 0.1) is 17.1 Å². The summed E-state index contributed by atoms with van der Waals surface area (Å²) in [6.45, 7) is 8.40. The van der Waals surface area contributed by atoms with Crippen LogP contribution in [0, 0.1) is 18.8 Å². The van der Waals surface area contributed by atoms with Crippen molar-refractivity contribution in [3.63, 3.8) is 0 Å². The lowest BCUT2D eigenvalue weighted by atomic mass is 10.1. The van der Waals surface area contributed by atoms with E-state index in [2.05, 4.69) is 35.9 Å². The lowest BCUT2D eigenvalue weighted by molar-refractivity contribution is 0.0219. The molecular weight excluding hydrogens is 374 g/mol. The van der Waals surface area contributed by atoms with Gasteiger partial charge in [-0.2, -0.15) is 0 Å². The van der Waals surface area contributed by atoms with Gasteiger partial charge in [-0.3, -0.25) is 4.90 Å². The molecule has 3 aromatic rings. The largest absolute Gasteiger partial charge is 0.444 e. The van der Waals surface area contributed by atoms with Crippen LogP contribution in [0.4, 0.5) is 4.79 Å². The number of rotatable bonds is 1. The number of imidazole rings is 1. The third-order valence-electron chi connectivity index (χ3n) is 5.10. The summed E-state index contributed by atoms with van der Waals surface area (Å²) >= 11 is 0. The molecule has 1 fully saturated rings. The second kappa shape index (κ2) is 7.87. The molecule has 1 saturated heterocycles. The van der Waals surface area contributed by atoms with Crippen LogP contribution in [-0.2, 0) is 4.74 Å². The van der Waals surface area contributed by atoms with Crippen molar-refractivity contribution in [3.8, 4) is 11.8 Å². The van der Waals surface area contributed by atoms with Gasteiger partial charge in [-0.05, 0) is 70.9 Å². The van der Waals surface area contributed by atoms with Crippen LogP contribution < -0.4 is 0 Å². The van der Waals surface area contributed by atoms with Gasteiger partial charge in [-0.25, -0.2) is 9.78 Å². The van der Waals surface area contributed by atoms with Gasteiger partial charge in [-0.1, -0.05) is 29.5 Å². The highest BCUT2D eigenvalue weighted by molar-refractivity contribution is 5.77. The number of fused-ring (bicyclic) bond motifs is 1. The highest BCUT2D eigenvalue weighted by Gasteiger charge is 2.34. The first-order valence-corrected chi connectivity index (χ1v) is 10.4. The average molecular weight is 402 g/mol. The molecule has 0 bridgehead atoms. The SMILES string of the molecule is Cc1ccc(C#Cc2ccc3nc(C4CCCN4C(=O)OC(C)(C)C)[nH]c3c2)cc1. The molecule has 2 aromatic carbocycles. The van der Waals surface area contributed by atoms with Crippen LogP contribution in [0.2, 0.25) is 0 Å². The monoisotopic (exact) mass is 401 g/mol. The molecule has 0 spiro atoms. The maximum atomic E-state index is 12.6. The lowest BCUT2D eigenvalue weighted by Gasteiger charge is -2.27. The van der Waals surface area contributed by atoms with Crippen LogP contribution in [0.3, 0.4) is 0 Å². The predicted molar refractivity (Wildman–Crippen MR) is 118 cm³/mol. The zero-order valence-corrected chi connectivity index (χ0v) is 18.0. The molecule has 5 heteroatoms. The van der Waals surface area contributed by atoms with E-state index >= 15 is 0 Å². The van der Waals surface area contributed by atoms with Crippen LogP contribution >= 0.6 is 0 Å². The first-order chi connectivity index (χ1) is 14.3. The number of amides is 1. The minimum absolute atomic E-state index is 0.0886. The van der Waals surface area contributed by atoms with Crippen molar-refractivity contribution in [1.29, 1.82) is 0 Å². The van der Waals surface area contributed by atoms with E-state index in [-0.39, 0.29) is 12.1 Å². The summed E-state index contributed by atoms with van der Waals surface area (Å²) in [7, 11) is 0. The Morgan fingerprint density at radius 3 is 2.57 bits per heavy atom. The molecule has 0 radical (unpaired) electrons. The number of aryl methyl sites for hydroxylation is 1. The van der Waals surface area contributed by atoms with Crippen molar-refractivity contribution >= 4 is 17.1 Å². The molecule has 30 heavy (non-hydrogen) atoms. The highest BCUT2D eigenvalue weighted by atomic mass is 16.6. The van der Waals surface area contributed by atoms with Gasteiger partial charge >= 0.3 is 6.09 Å². The van der Waals surface area contributed by atoms with Gasteiger partial charge in [0.15, 0.2) is 0 Å². The molecular formula is C25H27N3O2. The Morgan fingerprint density at radius 1 is 1.13 bits per heavy atom. The fourth-order valence-electron chi connectivity index (χ4n) is 3.64. The molecule has 2 heterocycles.